The van der Waals surface area contributed by atoms with Crippen LogP contribution < -0.4 is 4.74 Å². The number of imidazole rings is 1. The van der Waals surface area contributed by atoms with Crippen LogP contribution in [0, 0.1) is 6.92 Å². The Labute approximate surface area is 175 Å². The second kappa shape index (κ2) is 6.70. The van der Waals surface area contributed by atoms with Gasteiger partial charge in [0, 0.05) is 55.9 Å². The highest BCUT2D eigenvalue weighted by Crippen LogP contribution is 2.39. The van der Waals surface area contributed by atoms with Crippen molar-refractivity contribution in [3.63, 3.8) is 0 Å². The number of fused-ring (bicyclic) bond motifs is 2. The van der Waals surface area contributed by atoms with Crippen LogP contribution >= 0.6 is 11.3 Å². The van der Waals surface area contributed by atoms with Crippen molar-refractivity contribution in [2.45, 2.75) is 6.92 Å². The van der Waals surface area contributed by atoms with E-state index in [9.17, 15) is 9.90 Å². The quantitative estimate of drug-likeness (QED) is 0.445. The van der Waals surface area contributed by atoms with Crippen molar-refractivity contribution in [3.8, 4) is 22.2 Å². The largest absolute Gasteiger partial charge is 0.478 e. The number of carboxylic acids is 1. The minimum atomic E-state index is -0.928. The number of aryl methyl sites for hydroxylation is 2. The number of benzene rings is 1. The second-order valence-electron chi connectivity index (χ2n) is 7.10. The molecule has 0 aliphatic rings. The first kappa shape index (κ1) is 18.4. The molecule has 0 aliphatic heterocycles. The van der Waals surface area contributed by atoms with Gasteiger partial charge in [-0.15, -0.1) is 11.3 Å². The summed E-state index contributed by atoms with van der Waals surface area (Å²) in [5.74, 6) is 1.29. The van der Waals surface area contributed by atoms with Crippen molar-refractivity contribution in [2.24, 2.45) is 14.1 Å². The molecule has 5 aromatic rings. The zero-order valence-corrected chi connectivity index (χ0v) is 17.4. The Morgan fingerprint density at radius 3 is 2.70 bits per heavy atom. The molecular formula is C22H18N4O3S. The summed E-state index contributed by atoms with van der Waals surface area (Å²) >= 11 is 1.58. The Hall–Kier alpha value is -3.65. The third kappa shape index (κ3) is 2.76. The molecule has 5 rings (SSSR count). The molecule has 30 heavy (non-hydrogen) atoms. The molecule has 0 atom stereocenters. The summed E-state index contributed by atoms with van der Waals surface area (Å²) in [6.45, 7) is 1.81. The fourth-order valence-corrected chi connectivity index (χ4v) is 4.82. The lowest BCUT2D eigenvalue weighted by molar-refractivity contribution is 0.0698. The van der Waals surface area contributed by atoms with E-state index in [4.69, 9.17) is 4.74 Å². The van der Waals surface area contributed by atoms with Crippen LogP contribution in [0.15, 0.2) is 48.9 Å². The van der Waals surface area contributed by atoms with Gasteiger partial charge in [-0.1, -0.05) is 0 Å². The number of hydrogen-bond acceptors (Lipinski definition) is 5. The lowest BCUT2D eigenvalue weighted by atomic mass is 10.1. The van der Waals surface area contributed by atoms with Crippen molar-refractivity contribution in [1.29, 1.82) is 0 Å². The molecule has 8 heteroatoms. The Morgan fingerprint density at radius 1 is 1.13 bits per heavy atom. The first-order valence-electron chi connectivity index (χ1n) is 9.30. The standard InChI is InChI=1S/C22H18N4O3S/c1-12-19(22(27)28)14-5-4-13(10-16(14)26(12)3)29-17-6-7-23-15-11-18(30-20(15)17)21-24-8-9-25(21)2/h4-11H,1-3H3,(H,27,28). The van der Waals surface area contributed by atoms with Crippen LogP contribution in [0.5, 0.6) is 11.5 Å². The van der Waals surface area contributed by atoms with Crippen LogP contribution in [0.1, 0.15) is 16.1 Å². The number of carboxylic acid groups (broad SMARTS) is 1. The van der Waals surface area contributed by atoms with E-state index in [1.807, 2.05) is 47.6 Å². The fourth-order valence-electron chi connectivity index (χ4n) is 3.71. The lowest BCUT2D eigenvalue weighted by Crippen LogP contribution is -1.99. The molecule has 1 aromatic carbocycles. The van der Waals surface area contributed by atoms with E-state index in [0.29, 0.717) is 28.1 Å². The fraction of sp³-hybridized carbons (Fsp3) is 0.136. The highest BCUT2D eigenvalue weighted by Gasteiger charge is 2.19. The van der Waals surface area contributed by atoms with Gasteiger partial charge < -0.3 is 19.0 Å². The van der Waals surface area contributed by atoms with Crippen molar-refractivity contribution < 1.29 is 14.6 Å². The van der Waals surface area contributed by atoms with Gasteiger partial charge in [0.05, 0.1) is 26.2 Å². The maximum Gasteiger partial charge on any atom is 0.338 e. The van der Waals surface area contributed by atoms with Gasteiger partial charge >= 0.3 is 5.97 Å². The summed E-state index contributed by atoms with van der Waals surface area (Å²) in [5.41, 5.74) is 2.69. The van der Waals surface area contributed by atoms with E-state index in [-0.39, 0.29) is 0 Å². The number of pyridine rings is 1. The van der Waals surface area contributed by atoms with Gasteiger partial charge in [0.15, 0.2) is 0 Å². The molecule has 0 fully saturated rings. The minimum absolute atomic E-state index is 0.323. The summed E-state index contributed by atoms with van der Waals surface area (Å²) in [5, 5.41) is 10.2. The Morgan fingerprint density at radius 2 is 1.97 bits per heavy atom. The van der Waals surface area contributed by atoms with Gasteiger partial charge in [0.25, 0.3) is 0 Å². The average molecular weight is 418 g/mol. The number of nitrogens with zero attached hydrogens (tertiary/aromatic N) is 4. The third-order valence-corrected chi connectivity index (χ3v) is 6.46. The van der Waals surface area contributed by atoms with Crippen LogP contribution in [-0.2, 0) is 14.1 Å². The molecule has 0 amide bonds. The van der Waals surface area contributed by atoms with Crippen LogP contribution in [0.4, 0.5) is 0 Å². The first-order chi connectivity index (χ1) is 14.4. The van der Waals surface area contributed by atoms with E-state index in [1.165, 1.54) is 0 Å². The number of hydrogen-bond donors (Lipinski definition) is 1. The zero-order chi connectivity index (χ0) is 21.0. The molecule has 0 aliphatic carbocycles. The SMILES string of the molecule is Cc1c(C(=O)O)c2ccc(Oc3ccnc4cc(-c5nccn5C)sc34)cc2n1C. The molecule has 7 nitrogen and oxygen atoms in total. The Bertz CT molecular complexity index is 1440. The van der Waals surface area contributed by atoms with Gasteiger partial charge in [-0.25, -0.2) is 9.78 Å². The van der Waals surface area contributed by atoms with E-state index in [2.05, 4.69) is 9.97 Å². The van der Waals surface area contributed by atoms with E-state index < -0.39 is 5.97 Å². The summed E-state index contributed by atoms with van der Waals surface area (Å²) in [4.78, 5) is 21.5. The van der Waals surface area contributed by atoms with Gasteiger partial charge in [0.1, 0.15) is 17.3 Å². The molecule has 0 saturated heterocycles. The van der Waals surface area contributed by atoms with Crippen molar-refractivity contribution >= 4 is 38.4 Å². The number of carbonyl (C=O) groups is 1. The van der Waals surface area contributed by atoms with Gasteiger partial charge in [0.2, 0.25) is 0 Å². The molecule has 1 N–H and O–H groups in total. The maximum absolute atomic E-state index is 11.6. The minimum Gasteiger partial charge on any atom is -0.478 e. The molecular weight excluding hydrogens is 400 g/mol. The predicted molar refractivity (Wildman–Crippen MR) is 117 cm³/mol. The van der Waals surface area contributed by atoms with Crippen molar-refractivity contribution in [3.05, 3.63) is 60.2 Å². The van der Waals surface area contributed by atoms with E-state index in [0.717, 1.165) is 26.4 Å². The van der Waals surface area contributed by atoms with Crippen molar-refractivity contribution in [2.75, 3.05) is 0 Å². The van der Waals surface area contributed by atoms with E-state index >= 15 is 0 Å². The first-order valence-corrected chi connectivity index (χ1v) is 10.1. The third-order valence-electron chi connectivity index (χ3n) is 5.32. The van der Waals surface area contributed by atoms with Crippen LogP contribution in [0.25, 0.3) is 31.8 Å². The van der Waals surface area contributed by atoms with E-state index in [1.54, 1.807) is 42.8 Å². The number of aromatic carboxylic acids is 1. The Balaban J connectivity index is 1.58. The van der Waals surface area contributed by atoms with Crippen LogP contribution in [0.3, 0.4) is 0 Å². The molecule has 0 radical (unpaired) electrons. The predicted octanol–water partition coefficient (Wildman–Crippen LogP) is 4.99. The lowest BCUT2D eigenvalue weighted by Gasteiger charge is -2.07. The summed E-state index contributed by atoms with van der Waals surface area (Å²) in [7, 11) is 3.82. The number of thiophene rings is 1. The number of ether oxygens (including phenoxy) is 1. The molecule has 150 valence electrons. The second-order valence-corrected chi connectivity index (χ2v) is 8.15. The Kier molecular flexibility index (Phi) is 4.11. The normalized spacial score (nSPS) is 11.4. The zero-order valence-electron chi connectivity index (χ0n) is 16.6. The summed E-state index contributed by atoms with van der Waals surface area (Å²) in [6, 6.07) is 9.32. The molecule has 0 spiro atoms. The topological polar surface area (TPSA) is 82.2 Å². The van der Waals surface area contributed by atoms with Gasteiger partial charge in [-0.2, -0.15) is 0 Å². The number of aromatic nitrogens is 4. The molecule has 0 bridgehead atoms. The van der Waals surface area contributed by atoms with Crippen LogP contribution in [0.2, 0.25) is 0 Å². The van der Waals surface area contributed by atoms with Crippen molar-refractivity contribution in [1.82, 2.24) is 19.1 Å². The van der Waals surface area contributed by atoms with Crippen LogP contribution in [-0.4, -0.2) is 30.2 Å². The van der Waals surface area contributed by atoms with Gasteiger partial charge in [-0.3, -0.25) is 4.98 Å². The average Bonchev–Trinajstić information content (AvgIpc) is 3.39. The highest BCUT2D eigenvalue weighted by molar-refractivity contribution is 7.22. The number of rotatable bonds is 4. The molecule has 4 heterocycles. The highest BCUT2D eigenvalue weighted by atomic mass is 32.1. The van der Waals surface area contributed by atoms with Gasteiger partial charge in [-0.05, 0) is 25.1 Å². The maximum atomic E-state index is 11.6. The molecule has 4 aromatic heterocycles. The summed E-state index contributed by atoms with van der Waals surface area (Å²) < 4.78 is 11.0. The monoisotopic (exact) mass is 418 g/mol. The smallest absolute Gasteiger partial charge is 0.338 e. The molecule has 0 saturated carbocycles. The summed E-state index contributed by atoms with van der Waals surface area (Å²) in [6.07, 6.45) is 5.40. The molecule has 0 unspecified atom stereocenters.